The Morgan fingerprint density at radius 3 is 2.74 bits per heavy atom. The van der Waals surface area contributed by atoms with Gasteiger partial charge in [0.2, 0.25) is 0 Å². The van der Waals surface area contributed by atoms with Crippen molar-refractivity contribution in [3.63, 3.8) is 0 Å². The van der Waals surface area contributed by atoms with Gasteiger partial charge in [-0.05, 0) is 79.1 Å². The average molecular weight is 572 g/mol. The first kappa shape index (κ1) is 28.6. The largest absolute Gasteiger partial charge is 0.488 e. The second-order valence-corrected chi connectivity index (χ2v) is 11.9. The third kappa shape index (κ3) is 5.76. The van der Waals surface area contributed by atoms with Crippen LogP contribution in [0.5, 0.6) is 5.75 Å². The number of rotatable bonds is 9. The van der Waals surface area contributed by atoms with Gasteiger partial charge in [-0.25, -0.2) is 4.98 Å². The molecule has 3 aliphatic rings. The first-order valence-electron chi connectivity index (χ1n) is 15.0. The predicted molar refractivity (Wildman–Crippen MR) is 162 cm³/mol. The van der Waals surface area contributed by atoms with E-state index < -0.39 is 11.9 Å². The summed E-state index contributed by atoms with van der Waals surface area (Å²) in [7, 11) is 1.61. The van der Waals surface area contributed by atoms with Crippen LogP contribution in [0.1, 0.15) is 40.7 Å². The lowest BCUT2D eigenvalue weighted by molar-refractivity contribution is -0.142. The summed E-state index contributed by atoms with van der Waals surface area (Å²) in [6.45, 7) is 9.53. The van der Waals surface area contributed by atoms with Gasteiger partial charge in [-0.15, -0.1) is 0 Å². The van der Waals surface area contributed by atoms with E-state index in [1.165, 1.54) is 22.3 Å². The number of methoxy groups -OCH3 is 1. The zero-order valence-corrected chi connectivity index (χ0v) is 24.8. The number of carbonyl (C=O) groups is 1. The molecule has 6 rings (SSSR count). The molecule has 4 heterocycles. The molecule has 3 unspecified atom stereocenters. The molecule has 0 bridgehead atoms. The quantitative estimate of drug-likeness (QED) is 0.384. The number of hydrogen-bond donors (Lipinski definition) is 1. The van der Waals surface area contributed by atoms with Crippen LogP contribution in [-0.2, 0) is 33.8 Å². The van der Waals surface area contributed by atoms with Crippen molar-refractivity contribution < 1.29 is 24.1 Å². The van der Waals surface area contributed by atoms with Crippen LogP contribution < -0.4 is 9.64 Å². The van der Waals surface area contributed by atoms with Crippen LogP contribution in [0.3, 0.4) is 0 Å². The van der Waals surface area contributed by atoms with Gasteiger partial charge in [0, 0.05) is 45.0 Å². The minimum absolute atomic E-state index is 0.255. The number of pyridine rings is 1. The summed E-state index contributed by atoms with van der Waals surface area (Å²) < 4.78 is 17.6. The molecule has 0 spiro atoms. The maximum absolute atomic E-state index is 11.9. The lowest BCUT2D eigenvalue weighted by Crippen LogP contribution is -2.39. The number of fused-ring (bicyclic) bond motifs is 1. The van der Waals surface area contributed by atoms with E-state index in [4.69, 9.17) is 19.2 Å². The van der Waals surface area contributed by atoms with E-state index in [1.54, 1.807) is 7.11 Å². The summed E-state index contributed by atoms with van der Waals surface area (Å²) in [4.78, 5) is 21.5. The minimum atomic E-state index is -0.789. The highest BCUT2D eigenvalue weighted by molar-refractivity contribution is 5.74. The molecule has 3 aromatic rings. The summed E-state index contributed by atoms with van der Waals surface area (Å²) in [5, 5.41) is 9.74. The highest BCUT2D eigenvalue weighted by Gasteiger charge is 2.39. The van der Waals surface area contributed by atoms with E-state index in [0.29, 0.717) is 32.2 Å². The molecule has 222 valence electrons. The molecule has 1 N–H and O–H groups in total. The number of benzene rings is 2. The number of aryl methyl sites for hydroxylation is 2. The van der Waals surface area contributed by atoms with Crippen molar-refractivity contribution in [3.8, 4) is 17.0 Å². The fraction of sp³-hybridized carbons (Fsp3) is 0.471. The highest BCUT2D eigenvalue weighted by Crippen LogP contribution is 2.36. The number of carboxylic acids is 1. The van der Waals surface area contributed by atoms with E-state index in [-0.39, 0.29) is 6.04 Å². The van der Waals surface area contributed by atoms with Crippen molar-refractivity contribution in [1.29, 1.82) is 0 Å². The van der Waals surface area contributed by atoms with Gasteiger partial charge in [-0.2, -0.15) is 0 Å². The lowest BCUT2D eigenvalue weighted by Gasteiger charge is -2.34. The fourth-order valence-corrected chi connectivity index (χ4v) is 6.91. The van der Waals surface area contributed by atoms with Crippen LogP contribution in [0.2, 0.25) is 0 Å². The molecule has 0 radical (unpaired) electrons. The topological polar surface area (TPSA) is 84.4 Å². The van der Waals surface area contributed by atoms with Crippen molar-refractivity contribution >= 4 is 11.8 Å². The number of hydrogen-bond acceptors (Lipinski definition) is 7. The van der Waals surface area contributed by atoms with E-state index in [9.17, 15) is 9.90 Å². The third-order valence-electron chi connectivity index (χ3n) is 9.18. The Hall–Kier alpha value is -3.46. The van der Waals surface area contributed by atoms with E-state index >= 15 is 0 Å². The summed E-state index contributed by atoms with van der Waals surface area (Å²) in [5.41, 5.74) is 8.17. The molecule has 2 fully saturated rings. The number of carboxylic acid groups (broad SMARTS) is 1. The number of aliphatic carboxylic acids is 1. The van der Waals surface area contributed by atoms with Crippen LogP contribution in [-0.4, -0.2) is 73.1 Å². The molecule has 0 aliphatic carbocycles. The molecule has 42 heavy (non-hydrogen) atoms. The Balaban J connectivity index is 1.22. The Bertz CT molecular complexity index is 1440. The monoisotopic (exact) mass is 571 g/mol. The number of nitrogens with zero attached hydrogens (tertiary/aromatic N) is 3. The molecule has 1 aromatic heterocycles. The Kier molecular flexibility index (Phi) is 8.47. The van der Waals surface area contributed by atoms with Crippen LogP contribution >= 0.6 is 0 Å². The SMILES string of the molecule is COCC1C(C(=O)O)CCN1c1cccc(-c2cccc(C)c2OCc2cc(C)c3c(c2)CCN(C2CCOC2)C3)n1. The minimum Gasteiger partial charge on any atom is -0.488 e. The van der Waals surface area contributed by atoms with Gasteiger partial charge < -0.3 is 24.2 Å². The summed E-state index contributed by atoms with van der Waals surface area (Å²) in [6, 6.07) is 16.9. The third-order valence-corrected chi connectivity index (χ3v) is 9.18. The molecule has 2 saturated heterocycles. The number of para-hydroxylation sites is 1. The average Bonchev–Trinajstić information content (AvgIpc) is 3.68. The molecule has 3 atom stereocenters. The molecule has 0 amide bonds. The standard InChI is InChI=1S/C34H41N3O5/c1-22-6-4-7-27(30-8-5-9-32(35-30)37-14-11-28(34(38)39)31(37)21-40-3)33(22)42-19-24-16-23(2)29-18-36(13-10-25(29)17-24)26-12-15-41-20-26/h4-9,16-17,26,28,31H,10-15,18-21H2,1-3H3,(H,38,39). The molecule has 3 aliphatic heterocycles. The van der Waals surface area contributed by atoms with Crippen LogP contribution in [0, 0.1) is 19.8 Å². The maximum atomic E-state index is 11.9. The van der Waals surface area contributed by atoms with Crippen molar-refractivity contribution in [2.45, 2.75) is 58.3 Å². The first-order chi connectivity index (χ1) is 20.4. The predicted octanol–water partition coefficient (Wildman–Crippen LogP) is 5.02. The van der Waals surface area contributed by atoms with Gasteiger partial charge >= 0.3 is 5.97 Å². The highest BCUT2D eigenvalue weighted by atomic mass is 16.5. The van der Waals surface area contributed by atoms with E-state index in [1.807, 2.05) is 30.3 Å². The Morgan fingerprint density at radius 1 is 1.10 bits per heavy atom. The van der Waals surface area contributed by atoms with Gasteiger partial charge in [-0.1, -0.05) is 30.3 Å². The molecule has 2 aromatic carbocycles. The van der Waals surface area contributed by atoms with Crippen molar-refractivity contribution in [1.82, 2.24) is 9.88 Å². The summed E-state index contributed by atoms with van der Waals surface area (Å²) >= 11 is 0. The van der Waals surface area contributed by atoms with Crippen LogP contribution in [0.4, 0.5) is 5.82 Å². The first-order valence-corrected chi connectivity index (χ1v) is 15.0. The second-order valence-electron chi connectivity index (χ2n) is 11.9. The lowest BCUT2D eigenvalue weighted by atomic mass is 9.92. The zero-order valence-electron chi connectivity index (χ0n) is 24.8. The Labute approximate surface area is 248 Å². The summed E-state index contributed by atoms with van der Waals surface area (Å²) in [6.07, 6.45) is 2.75. The smallest absolute Gasteiger partial charge is 0.308 e. The van der Waals surface area contributed by atoms with Gasteiger partial charge in [-0.3, -0.25) is 9.69 Å². The Morgan fingerprint density at radius 2 is 1.95 bits per heavy atom. The number of anilines is 1. The van der Waals surface area contributed by atoms with E-state index in [2.05, 4.69) is 41.8 Å². The van der Waals surface area contributed by atoms with Crippen molar-refractivity contribution in [3.05, 3.63) is 76.3 Å². The van der Waals surface area contributed by atoms with Crippen molar-refractivity contribution in [2.24, 2.45) is 5.92 Å². The van der Waals surface area contributed by atoms with E-state index in [0.717, 1.165) is 67.5 Å². The van der Waals surface area contributed by atoms with Gasteiger partial charge in [0.1, 0.15) is 18.2 Å². The van der Waals surface area contributed by atoms with Crippen LogP contribution in [0.15, 0.2) is 48.5 Å². The normalized spacial score (nSPS) is 22.4. The van der Waals surface area contributed by atoms with Gasteiger partial charge in [0.25, 0.3) is 0 Å². The molecular formula is C34H41N3O5. The van der Waals surface area contributed by atoms with Crippen molar-refractivity contribution in [2.75, 3.05) is 44.9 Å². The van der Waals surface area contributed by atoms with Crippen LogP contribution in [0.25, 0.3) is 11.3 Å². The second kappa shape index (κ2) is 12.4. The van der Waals surface area contributed by atoms with Gasteiger partial charge in [0.05, 0.1) is 30.9 Å². The maximum Gasteiger partial charge on any atom is 0.308 e. The van der Waals surface area contributed by atoms with Gasteiger partial charge in [0.15, 0.2) is 0 Å². The number of ether oxygens (including phenoxy) is 3. The zero-order chi connectivity index (χ0) is 29.2. The molecule has 8 nitrogen and oxygen atoms in total. The fourth-order valence-electron chi connectivity index (χ4n) is 6.91. The summed E-state index contributed by atoms with van der Waals surface area (Å²) in [5.74, 6) is 0.314. The number of aromatic nitrogens is 1. The molecule has 0 saturated carbocycles. The molecular weight excluding hydrogens is 530 g/mol. The molecule has 8 heteroatoms.